The van der Waals surface area contributed by atoms with Crippen molar-refractivity contribution in [1.29, 1.82) is 0 Å². The number of fused-ring (bicyclic) bond motifs is 2. The summed E-state index contributed by atoms with van der Waals surface area (Å²) in [5.74, 6) is 0. The average Bonchev–Trinajstić information content (AvgIpc) is 1.84. The smallest absolute Gasteiger partial charge is 0.282 e. The van der Waals surface area contributed by atoms with E-state index in [4.69, 9.17) is 4.55 Å². The zero-order valence-electron chi connectivity index (χ0n) is 5.61. The molecule has 0 amide bonds. The Labute approximate surface area is 64.4 Å². The van der Waals surface area contributed by atoms with Gasteiger partial charge < -0.3 is 0 Å². The lowest BCUT2D eigenvalue weighted by Crippen LogP contribution is -2.10. The Hall–Kier alpha value is -0.870. The molecule has 1 aromatic rings. The molecule has 11 heavy (non-hydrogen) atoms. The molecule has 0 spiro atoms. The van der Waals surface area contributed by atoms with Crippen LogP contribution in [0.15, 0.2) is 23.1 Å². The molecule has 3 rings (SSSR count). The fourth-order valence-electron chi connectivity index (χ4n) is 1.22. The number of rotatable bonds is 1. The minimum Gasteiger partial charge on any atom is -0.282 e. The van der Waals surface area contributed by atoms with E-state index in [-0.39, 0.29) is 4.90 Å². The van der Waals surface area contributed by atoms with Crippen molar-refractivity contribution in [3.8, 4) is 0 Å². The van der Waals surface area contributed by atoms with Gasteiger partial charge in [0.05, 0.1) is 4.90 Å². The summed E-state index contributed by atoms with van der Waals surface area (Å²) in [6.45, 7) is 0. The van der Waals surface area contributed by atoms with Crippen LogP contribution in [0, 0.1) is 0 Å². The molecule has 58 valence electrons. The summed E-state index contributed by atoms with van der Waals surface area (Å²) >= 11 is 0. The van der Waals surface area contributed by atoms with E-state index in [1.807, 2.05) is 0 Å². The second-order valence-electron chi connectivity index (χ2n) is 2.59. The van der Waals surface area contributed by atoms with Crippen molar-refractivity contribution in [3.63, 3.8) is 0 Å². The van der Waals surface area contributed by atoms with E-state index >= 15 is 0 Å². The highest BCUT2D eigenvalue weighted by atomic mass is 32.2. The number of hydrogen-bond acceptors (Lipinski definition) is 2. The summed E-state index contributed by atoms with van der Waals surface area (Å²) in [5.41, 5.74) is 1.83. The molecule has 2 aliphatic rings. The van der Waals surface area contributed by atoms with Gasteiger partial charge in [0.25, 0.3) is 10.1 Å². The van der Waals surface area contributed by atoms with E-state index in [1.165, 1.54) is 6.07 Å². The number of hydrogen-bond donors (Lipinski definition) is 1. The predicted octanol–water partition coefficient (Wildman–Crippen LogP) is 0.838. The first-order chi connectivity index (χ1) is 5.07. The van der Waals surface area contributed by atoms with Gasteiger partial charge in [-0.05, 0) is 23.6 Å². The van der Waals surface area contributed by atoms with Gasteiger partial charge in [-0.1, -0.05) is 12.1 Å². The molecule has 0 radical (unpaired) electrons. The third kappa shape index (κ3) is 0.948. The SMILES string of the molecule is O=S(=O)(O)c1ccc2cc1C2. The molecular formula is C7H6O3S. The molecule has 0 aromatic heterocycles. The Morgan fingerprint density at radius 1 is 1.36 bits per heavy atom. The van der Waals surface area contributed by atoms with Gasteiger partial charge in [-0.15, -0.1) is 0 Å². The summed E-state index contributed by atoms with van der Waals surface area (Å²) in [6.07, 6.45) is 0.672. The largest absolute Gasteiger partial charge is 0.294 e. The summed E-state index contributed by atoms with van der Waals surface area (Å²) in [5, 5.41) is 0. The normalized spacial score (nSPS) is 14.3. The average molecular weight is 170 g/mol. The van der Waals surface area contributed by atoms with E-state index in [2.05, 4.69) is 0 Å². The zero-order valence-corrected chi connectivity index (χ0v) is 6.43. The Morgan fingerprint density at radius 2 is 2.00 bits per heavy atom. The zero-order chi connectivity index (χ0) is 8.06. The molecule has 0 unspecified atom stereocenters. The molecule has 0 saturated carbocycles. The van der Waals surface area contributed by atoms with Crippen LogP contribution in [0.3, 0.4) is 0 Å². The molecule has 2 bridgehead atoms. The minimum absolute atomic E-state index is 0.0486. The third-order valence-corrected chi connectivity index (χ3v) is 2.75. The van der Waals surface area contributed by atoms with Crippen molar-refractivity contribution in [3.05, 3.63) is 29.3 Å². The maximum Gasteiger partial charge on any atom is 0.294 e. The van der Waals surface area contributed by atoms with Crippen LogP contribution in [-0.2, 0) is 16.5 Å². The van der Waals surface area contributed by atoms with Crippen LogP contribution in [0.2, 0.25) is 0 Å². The summed E-state index contributed by atoms with van der Waals surface area (Å²) in [6, 6.07) is 4.91. The number of benzene rings is 1. The highest BCUT2D eigenvalue weighted by Crippen LogP contribution is 2.27. The lowest BCUT2D eigenvalue weighted by Gasteiger charge is -2.16. The topological polar surface area (TPSA) is 54.4 Å². The Balaban J connectivity index is 2.68. The molecule has 0 atom stereocenters. The molecule has 1 N–H and O–H groups in total. The van der Waals surface area contributed by atoms with Gasteiger partial charge in [0.2, 0.25) is 0 Å². The Bertz CT molecular complexity index is 402. The maximum atomic E-state index is 10.6. The van der Waals surface area contributed by atoms with Crippen LogP contribution in [0.4, 0.5) is 0 Å². The van der Waals surface area contributed by atoms with Crippen molar-refractivity contribution in [2.45, 2.75) is 11.3 Å². The fourth-order valence-corrected chi connectivity index (χ4v) is 1.92. The summed E-state index contributed by atoms with van der Waals surface area (Å²) < 4.78 is 29.9. The monoisotopic (exact) mass is 170 g/mol. The molecule has 1 aromatic carbocycles. The molecule has 0 aliphatic heterocycles. The molecule has 0 heterocycles. The van der Waals surface area contributed by atoms with Crippen LogP contribution >= 0.6 is 0 Å². The van der Waals surface area contributed by atoms with Gasteiger partial charge in [-0.2, -0.15) is 8.42 Å². The van der Waals surface area contributed by atoms with Gasteiger partial charge in [-0.3, -0.25) is 4.55 Å². The quantitative estimate of drug-likeness (QED) is 0.645. The fraction of sp³-hybridized carbons (Fsp3) is 0.143. The molecule has 4 heteroatoms. The van der Waals surface area contributed by atoms with Crippen molar-refractivity contribution in [2.24, 2.45) is 0 Å². The Kier molecular flexibility index (Phi) is 1.14. The first-order valence-electron chi connectivity index (χ1n) is 3.17. The van der Waals surface area contributed by atoms with E-state index in [0.29, 0.717) is 12.0 Å². The van der Waals surface area contributed by atoms with Crippen molar-refractivity contribution in [2.75, 3.05) is 0 Å². The Morgan fingerprint density at radius 3 is 2.27 bits per heavy atom. The standard InChI is InChI=1S/C7H6O3S/c8-11(9,10)7-2-1-5-3-6(7)4-5/h1-3H,4H2,(H,8,9,10). The summed E-state index contributed by atoms with van der Waals surface area (Å²) in [7, 11) is -3.99. The van der Waals surface area contributed by atoms with E-state index in [9.17, 15) is 8.42 Å². The van der Waals surface area contributed by atoms with Crippen LogP contribution in [0.5, 0.6) is 0 Å². The highest BCUT2D eigenvalue weighted by Gasteiger charge is 2.20. The van der Waals surface area contributed by atoms with Crippen LogP contribution in [0.25, 0.3) is 0 Å². The van der Waals surface area contributed by atoms with Crippen molar-refractivity contribution < 1.29 is 13.0 Å². The summed E-state index contributed by atoms with van der Waals surface area (Å²) in [4.78, 5) is 0.0486. The van der Waals surface area contributed by atoms with Gasteiger partial charge in [0, 0.05) is 0 Å². The first-order valence-corrected chi connectivity index (χ1v) is 4.61. The van der Waals surface area contributed by atoms with Crippen molar-refractivity contribution in [1.82, 2.24) is 0 Å². The van der Waals surface area contributed by atoms with Gasteiger partial charge in [0.15, 0.2) is 0 Å². The molecule has 0 fully saturated rings. The van der Waals surface area contributed by atoms with Gasteiger partial charge in [0.1, 0.15) is 0 Å². The molecular weight excluding hydrogens is 164 g/mol. The molecule has 2 aliphatic carbocycles. The highest BCUT2D eigenvalue weighted by molar-refractivity contribution is 7.85. The van der Waals surface area contributed by atoms with Crippen LogP contribution < -0.4 is 0 Å². The van der Waals surface area contributed by atoms with Crippen LogP contribution in [0.1, 0.15) is 11.1 Å². The lowest BCUT2D eigenvalue weighted by atomic mass is 9.94. The second kappa shape index (κ2) is 1.84. The lowest BCUT2D eigenvalue weighted by molar-refractivity contribution is 0.481. The molecule has 3 nitrogen and oxygen atoms in total. The molecule has 0 saturated heterocycles. The van der Waals surface area contributed by atoms with E-state index in [1.54, 1.807) is 12.1 Å². The van der Waals surface area contributed by atoms with E-state index in [0.717, 1.165) is 5.56 Å². The van der Waals surface area contributed by atoms with Crippen LogP contribution in [-0.4, -0.2) is 13.0 Å². The van der Waals surface area contributed by atoms with Gasteiger partial charge >= 0.3 is 0 Å². The predicted molar refractivity (Wildman–Crippen MR) is 39.1 cm³/mol. The van der Waals surface area contributed by atoms with Gasteiger partial charge in [-0.25, -0.2) is 0 Å². The van der Waals surface area contributed by atoms with E-state index < -0.39 is 10.1 Å². The second-order valence-corrected chi connectivity index (χ2v) is 3.98. The third-order valence-electron chi connectivity index (χ3n) is 1.80. The minimum atomic E-state index is -3.99. The first kappa shape index (κ1) is 6.82. The maximum absolute atomic E-state index is 10.6. The van der Waals surface area contributed by atoms with Crippen molar-refractivity contribution >= 4 is 10.1 Å².